The number of fused-ring (bicyclic) bond motifs is 1. The summed E-state index contributed by atoms with van der Waals surface area (Å²) >= 11 is 2.99. The molecule has 1 aliphatic rings. The van der Waals surface area contributed by atoms with Crippen LogP contribution in [0.3, 0.4) is 0 Å². The van der Waals surface area contributed by atoms with E-state index in [9.17, 15) is 26.4 Å². The molecular weight excluding hydrogens is 495 g/mol. The second kappa shape index (κ2) is 8.55. The normalized spacial score (nSPS) is 14.3. The monoisotopic (exact) mass is 511 g/mol. The maximum absolute atomic E-state index is 12.7. The molecule has 13 heteroatoms. The average Bonchev–Trinajstić information content (AvgIpc) is 3.03. The number of hydrogen-bond acceptors (Lipinski definition) is 6. The lowest BCUT2D eigenvalue weighted by Crippen LogP contribution is -2.26. The van der Waals surface area contributed by atoms with Crippen LogP contribution < -0.4 is 9.46 Å². The van der Waals surface area contributed by atoms with Crippen molar-refractivity contribution in [2.75, 3.05) is 7.11 Å². The Morgan fingerprint density at radius 1 is 1.33 bits per heavy atom. The van der Waals surface area contributed by atoms with Gasteiger partial charge in [0.25, 0.3) is 0 Å². The van der Waals surface area contributed by atoms with Crippen LogP contribution in [-0.4, -0.2) is 37.6 Å². The Morgan fingerprint density at radius 2 is 2.07 bits per heavy atom. The van der Waals surface area contributed by atoms with Crippen LogP contribution in [0.2, 0.25) is 0 Å². The van der Waals surface area contributed by atoms with Gasteiger partial charge in [-0.15, -0.1) is 13.2 Å². The van der Waals surface area contributed by atoms with Gasteiger partial charge < -0.3 is 9.47 Å². The number of esters is 1. The van der Waals surface area contributed by atoms with Crippen LogP contribution in [0.5, 0.6) is 5.75 Å². The largest absolute Gasteiger partial charge is 0.573 e. The summed E-state index contributed by atoms with van der Waals surface area (Å²) in [4.78, 5) is 11.5. The average molecular weight is 512 g/mol. The molecule has 1 aromatic heterocycles. The quantitative estimate of drug-likeness (QED) is 0.598. The van der Waals surface area contributed by atoms with Gasteiger partial charge >= 0.3 is 12.3 Å². The van der Waals surface area contributed by atoms with E-state index >= 15 is 0 Å². The van der Waals surface area contributed by atoms with Gasteiger partial charge in [0.05, 0.1) is 25.0 Å². The molecule has 30 heavy (non-hydrogen) atoms. The molecule has 0 saturated carbocycles. The predicted octanol–water partition coefficient (Wildman–Crippen LogP) is 3.15. The van der Waals surface area contributed by atoms with E-state index < -0.39 is 39.5 Å². The summed E-state index contributed by atoms with van der Waals surface area (Å²) < 4.78 is 76.1. The fourth-order valence-electron chi connectivity index (χ4n) is 3.16. The number of hydrogen-bond donors (Lipinski definition) is 1. The summed E-state index contributed by atoms with van der Waals surface area (Å²) in [7, 11) is -3.23. The van der Waals surface area contributed by atoms with E-state index in [0.717, 1.165) is 25.0 Å². The molecule has 0 unspecified atom stereocenters. The van der Waals surface area contributed by atoms with Crippen molar-refractivity contribution in [2.45, 2.75) is 43.6 Å². The molecule has 0 amide bonds. The van der Waals surface area contributed by atoms with Crippen molar-refractivity contribution in [3.05, 3.63) is 39.6 Å². The van der Waals surface area contributed by atoms with Crippen LogP contribution in [0.4, 0.5) is 13.2 Å². The third-order valence-electron chi connectivity index (χ3n) is 4.40. The van der Waals surface area contributed by atoms with Crippen LogP contribution >= 0.6 is 15.9 Å². The number of halogens is 4. The van der Waals surface area contributed by atoms with E-state index in [1.54, 1.807) is 4.68 Å². The molecule has 2 heterocycles. The van der Waals surface area contributed by atoms with E-state index in [2.05, 4.69) is 30.5 Å². The highest BCUT2D eigenvalue weighted by Crippen LogP contribution is 2.32. The Bertz CT molecular complexity index is 1070. The molecule has 0 spiro atoms. The molecule has 0 saturated heterocycles. The highest BCUT2D eigenvalue weighted by atomic mass is 79.9. The molecule has 164 valence electrons. The second-order valence-corrected chi connectivity index (χ2v) is 9.05. The molecule has 3 rings (SSSR count). The first-order chi connectivity index (χ1) is 14.0. The number of carbonyl (C=O) groups is 1. The van der Waals surface area contributed by atoms with Gasteiger partial charge in [-0.3, -0.25) is 4.68 Å². The van der Waals surface area contributed by atoms with Gasteiger partial charge in [0, 0.05) is 11.0 Å². The molecule has 1 N–H and O–H groups in total. The summed E-state index contributed by atoms with van der Waals surface area (Å²) in [6.45, 7) is 0.163. The fraction of sp³-hybridized carbons (Fsp3) is 0.412. The number of nitrogens with zero attached hydrogens (tertiary/aromatic N) is 2. The maximum atomic E-state index is 12.7. The number of rotatable bonds is 6. The number of benzene rings is 1. The van der Waals surface area contributed by atoms with E-state index in [1.165, 1.54) is 13.2 Å². The molecule has 0 fully saturated rings. The Kier molecular flexibility index (Phi) is 6.43. The van der Waals surface area contributed by atoms with E-state index in [1.807, 2.05) is 0 Å². The van der Waals surface area contributed by atoms with Gasteiger partial charge in [-0.05, 0) is 37.5 Å². The lowest BCUT2D eigenvalue weighted by Gasteiger charge is -2.14. The van der Waals surface area contributed by atoms with E-state index in [0.29, 0.717) is 18.7 Å². The van der Waals surface area contributed by atoms with Crippen LogP contribution in [0, 0.1) is 0 Å². The number of nitrogens with one attached hydrogen (secondary N) is 1. The standard InChI is InChI=1S/C17H17BrF3N3O5S/c1-28-16(25)15-11(23-24-7-3-2-4-12(15)24)9-22-30(26,27)14-6-5-10(18)8-13(14)29-17(19,20)21/h5-6,8,22H,2-4,7,9H2,1H3. The number of sulfonamides is 1. The SMILES string of the molecule is COC(=O)c1c(CNS(=O)(=O)c2ccc(Br)cc2OC(F)(F)F)nn2c1CCCC2. The molecule has 0 atom stereocenters. The second-order valence-electron chi connectivity index (χ2n) is 6.40. The van der Waals surface area contributed by atoms with Gasteiger partial charge in [0.2, 0.25) is 10.0 Å². The predicted molar refractivity (Wildman–Crippen MR) is 101 cm³/mol. The molecule has 0 aliphatic carbocycles. The highest BCUT2D eigenvalue weighted by molar-refractivity contribution is 9.10. The molecular formula is C17H17BrF3N3O5S. The third kappa shape index (κ3) is 4.95. The molecule has 1 aliphatic heterocycles. The Hall–Kier alpha value is -2.12. The van der Waals surface area contributed by atoms with Crippen molar-refractivity contribution in [3.63, 3.8) is 0 Å². The summed E-state index contributed by atoms with van der Waals surface area (Å²) in [6.07, 6.45) is -2.79. The summed E-state index contributed by atoms with van der Waals surface area (Å²) in [5.41, 5.74) is 0.951. The zero-order valence-corrected chi connectivity index (χ0v) is 18.0. The topological polar surface area (TPSA) is 99.5 Å². The highest BCUT2D eigenvalue weighted by Gasteiger charge is 2.34. The number of carbonyl (C=O) groups excluding carboxylic acids is 1. The van der Waals surface area contributed by atoms with Gasteiger partial charge in [0.1, 0.15) is 10.5 Å². The number of ether oxygens (including phenoxy) is 2. The first kappa shape index (κ1) is 22.6. The van der Waals surface area contributed by atoms with Crippen molar-refractivity contribution in [2.24, 2.45) is 0 Å². The third-order valence-corrected chi connectivity index (χ3v) is 6.34. The Balaban J connectivity index is 1.91. The zero-order valence-electron chi connectivity index (χ0n) is 15.6. The number of aryl methyl sites for hydroxylation is 1. The number of aromatic nitrogens is 2. The van der Waals surface area contributed by atoms with Crippen molar-refractivity contribution in [3.8, 4) is 5.75 Å². The maximum Gasteiger partial charge on any atom is 0.573 e. The summed E-state index contributed by atoms with van der Waals surface area (Å²) in [5, 5.41) is 4.28. The van der Waals surface area contributed by atoms with Gasteiger partial charge in [0.15, 0.2) is 5.75 Å². The first-order valence-corrected chi connectivity index (χ1v) is 11.0. The summed E-state index contributed by atoms with van der Waals surface area (Å²) in [5.74, 6) is -1.54. The minimum atomic E-state index is -5.08. The van der Waals surface area contributed by atoms with Gasteiger partial charge in [-0.25, -0.2) is 17.9 Å². The van der Waals surface area contributed by atoms with E-state index in [4.69, 9.17) is 4.74 Å². The molecule has 0 bridgehead atoms. The number of alkyl halides is 3. The van der Waals surface area contributed by atoms with Crippen LogP contribution in [0.15, 0.2) is 27.6 Å². The van der Waals surface area contributed by atoms with Crippen molar-refractivity contribution >= 4 is 31.9 Å². The summed E-state index contributed by atoms with van der Waals surface area (Å²) in [6, 6.07) is 3.15. The molecule has 0 radical (unpaired) electrons. The van der Waals surface area contributed by atoms with Crippen LogP contribution in [0.25, 0.3) is 0 Å². The Labute approximate surface area is 178 Å². The number of methoxy groups -OCH3 is 1. The van der Waals surface area contributed by atoms with Gasteiger partial charge in [-0.2, -0.15) is 5.10 Å². The minimum Gasteiger partial charge on any atom is -0.465 e. The van der Waals surface area contributed by atoms with Gasteiger partial charge in [-0.1, -0.05) is 15.9 Å². The molecule has 2 aromatic rings. The first-order valence-electron chi connectivity index (χ1n) is 8.73. The minimum absolute atomic E-state index is 0.137. The molecule has 8 nitrogen and oxygen atoms in total. The molecule has 1 aromatic carbocycles. The lowest BCUT2D eigenvalue weighted by atomic mass is 10.0. The van der Waals surface area contributed by atoms with Crippen molar-refractivity contribution in [1.29, 1.82) is 0 Å². The Morgan fingerprint density at radius 3 is 2.73 bits per heavy atom. The van der Waals surface area contributed by atoms with Crippen LogP contribution in [0.1, 0.15) is 34.6 Å². The zero-order chi connectivity index (χ0) is 22.1. The van der Waals surface area contributed by atoms with Crippen molar-refractivity contribution < 1.29 is 35.9 Å². The lowest BCUT2D eigenvalue weighted by molar-refractivity contribution is -0.275. The van der Waals surface area contributed by atoms with Crippen molar-refractivity contribution in [1.82, 2.24) is 14.5 Å². The van der Waals surface area contributed by atoms with Crippen LogP contribution in [-0.2, 0) is 34.3 Å². The fourth-order valence-corrected chi connectivity index (χ4v) is 4.59. The van der Waals surface area contributed by atoms with E-state index in [-0.39, 0.29) is 15.7 Å². The smallest absolute Gasteiger partial charge is 0.465 e.